The van der Waals surface area contributed by atoms with Gasteiger partial charge in [0.1, 0.15) is 24.0 Å². The van der Waals surface area contributed by atoms with E-state index in [-0.39, 0.29) is 11.7 Å². The molecule has 4 rings (SSSR count). The Morgan fingerprint density at radius 3 is 2.55 bits per heavy atom. The first-order valence-electron chi connectivity index (χ1n) is 8.74. The molecule has 0 unspecified atom stereocenters. The van der Waals surface area contributed by atoms with Gasteiger partial charge in [-0.15, -0.1) is 0 Å². The van der Waals surface area contributed by atoms with Gasteiger partial charge < -0.3 is 9.30 Å². The number of aryl methyl sites for hydroxylation is 1. The van der Waals surface area contributed by atoms with Gasteiger partial charge in [0.05, 0.1) is 10.6 Å². The maximum Gasteiger partial charge on any atom is 0.270 e. The van der Waals surface area contributed by atoms with Crippen LogP contribution in [0.2, 0.25) is 0 Å². The summed E-state index contributed by atoms with van der Waals surface area (Å²) in [6.07, 6.45) is 5.37. The quantitative estimate of drug-likeness (QED) is 0.444. The lowest BCUT2D eigenvalue weighted by atomic mass is 10.2. The zero-order valence-corrected chi connectivity index (χ0v) is 17.0. The van der Waals surface area contributed by atoms with Gasteiger partial charge in [0.25, 0.3) is 5.91 Å². The molecule has 0 radical (unpaired) electrons. The molecule has 1 aromatic heterocycles. The first-order chi connectivity index (χ1) is 14.0. The third-order valence-corrected chi connectivity index (χ3v) is 5.65. The van der Waals surface area contributed by atoms with Crippen molar-refractivity contribution in [2.24, 2.45) is 7.05 Å². The molecule has 2 aromatic carbocycles. The lowest BCUT2D eigenvalue weighted by Gasteiger charge is -2.14. The Balaban J connectivity index is 1.46. The number of carbonyl (C=O) groups is 1. The van der Waals surface area contributed by atoms with Gasteiger partial charge in [-0.1, -0.05) is 36.1 Å². The lowest BCUT2D eigenvalue weighted by molar-refractivity contribution is -0.113. The number of thiocarbonyl (C=S) groups is 1. The second kappa shape index (κ2) is 8.18. The molecule has 5 nitrogen and oxygen atoms in total. The predicted molar refractivity (Wildman–Crippen MR) is 116 cm³/mol. The number of aromatic nitrogens is 2. The summed E-state index contributed by atoms with van der Waals surface area (Å²) in [5, 5.41) is 0. The van der Waals surface area contributed by atoms with Crippen LogP contribution in [0, 0.1) is 5.82 Å². The molecule has 8 heteroatoms. The molecule has 146 valence electrons. The molecule has 0 bridgehead atoms. The van der Waals surface area contributed by atoms with E-state index in [4.69, 9.17) is 17.0 Å². The standard InChI is InChI=1S/C21H16FN3O2S2/c1-24-11-10-23-19(24)13-27-17-8-2-14(3-9-17)12-18-20(26)25(21(28)29-18)16-6-4-15(22)5-7-16/h2-12H,13H2,1H3/b18-12+. The molecule has 29 heavy (non-hydrogen) atoms. The SMILES string of the molecule is Cn1ccnc1COc1ccc(/C=C2/SC(=S)N(c3ccc(F)cc3)C2=O)cc1. The number of hydrogen-bond acceptors (Lipinski definition) is 5. The predicted octanol–water partition coefficient (Wildman–Crippen LogP) is 4.54. The van der Waals surface area contributed by atoms with Crippen molar-refractivity contribution in [3.05, 3.63) is 83.0 Å². The van der Waals surface area contributed by atoms with Gasteiger partial charge in [0.2, 0.25) is 0 Å². The van der Waals surface area contributed by atoms with E-state index in [2.05, 4.69) is 4.98 Å². The van der Waals surface area contributed by atoms with Crippen molar-refractivity contribution in [1.29, 1.82) is 0 Å². The van der Waals surface area contributed by atoms with Crippen LogP contribution in [0.15, 0.2) is 65.8 Å². The summed E-state index contributed by atoms with van der Waals surface area (Å²) in [7, 11) is 1.91. The van der Waals surface area contributed by atoms with E-state index in [1.165, 1.54) is 40.9 Å². The summed E-state index contributed by atoms with van der Waals surface area (Å²) in [6.45, 7) is 0.374. The molecule has 0 spiro atoms. The van der Waals surface area contributed by atoms with Crippen LogP contribution in [0.5, 0.6) is 5.75 Å². The van der Waals surface area contributed by atoms with Crippen LogP contribution in [-0.4, -0.2) is 19.8 Å². The van der Waals surface area contributed by atoms with Crippen molar-refractivity contribution in [3.8, 4) is 5.75 Å². The topological polar surface area (TPSA) is 47.4 Å². The molecular weight excluding hydrogens is 409 g/mol. The molecule has 2 heterocycles. The Bertz CT molecular complexity index is 1090. The molecule has 1 fully saturated rings. The number of halogens is 1. The number of rotatable bonds is 5. The summed E-state index contributed by atoms with van der Waals surface area (Å²) >= 11 is 6.56. The zero-order chi connectivity index (χ0) is 20.4. The number of anilines is 1. The number of hydrogen-bond donors (Lipinski definition) is 0. The highest BCUT2D eigenvalue weighted by Crippen LogP contribution is 2.36. The van der Waals surface area contributed by atoms with Crippen molar-refractivity contribution >= 4 is 46.0 Å². The minimum atomic E-state index is -0.361. The first-order valence-corrected chi connectivity index (χ1v) is 9.96. The first kappa shape index (κ1) is 19.4. The van der Waals surface area contributed by atoms with E-state index in [1.807, 2.05) is 42.1 Å². The number of amides is 1. The van der Waals surface area contributed by atoms with E-state index < -0.39 is 0 Å². The van der Waals surface area contributed by atoms with Gasteiger partial charge in [-0.3, -0.25) is 9.69 Å². The number of carbonyl (C=O) groups excluding carboxylic acids is 1. The molecule has 0 aliphatic carbocycles. The van der Waals surface area contributed by atoms with Crippen LogP contribution in [0.3, 0.4) is 0 Å². The highest BCUT2D eigenvalue weighted by molar-refractivity contribution is 8.27. The number of benzene rings is 2. The smallest absolute Gasteiger partial charge is 0.270 e. The second-order valence-electron chi connectivity index (χ2n) is 6.31. The monoisotopic (exact) mass is 425 g/mol. The molecule has 0 N–H and O–H groups in total. The normalized spacial score (nSPS) is 15.4. The highest BCUT2D eigenvalue weighted by atomic mass is 32.2. The Kier molecular flexibility index (Phi) is 5.46. The molecule has 1 saturated heterocycles. The fraction of sp³-hybridized carbons (Fsp3) is 0.0952. The van der Waals surface area contributed by atoms with Crippen LogP contribution < -0.4 is 9.64 Å². The maximum atomic E-state index is 13.2. The Morgan fingerprint density at radius 1 is 1.17 bits per heavy atom. The van der Waals surface area contributed by atoms with Crippen LogP contribution in [0.1, 0.15) is 11.4 Å². The molecule has 1 aliphatic heterocycles. The van der Waals surface area contributed by atoms with Gasteiger partial charge >= 0.3 is 0 Å². The zero-order valence-electron chi connectivity index (χ0n) is 15.4. The molecule has 0 saturated carbocycles. The van der Waals surface area contributed by atoms with E-state index in [1.54, 1.807) is 12.3 Å². The minimum absolute atomic E-state index is 0.221. The summed E-state index contributed by atoms with van der Waals surface area (Å²) in [5.41, 5.74) is 1.41. The van der Waals surface area contributed by atoms with Gasteiger partial charge in [0, 0.05) is 19.4 Å². The van der Waals surface area contributed by atoms with E-state index in [9.17, 15) is 9.18 Å². The lowest BCUT2D eigenvalue weighted by Crippen LogP contribution is -2.27. The van der Waals surface area contributed by atoms with Gasteiger partial charge in [-0.05, 0) is 48.0 Å². The van der Waals surface area contributed by atoms with Crippen molar-refractivity contribution in [2.75, 3.05) is 4.90 Å². The van der Waals surface area contributed by atoms with Gasteiger partial charge in [-0.25, -0.2) is 9.37 Å². The van der Waals surface area contributed by atoms with Crippen molar-refractivity contribution < 1.29 is 13.9 Å². The maximum absolute atomic E-state index is 13.2. The Labute approximate surface area is 176 Å². The van der Waals surface area contributed by atoms with Crippen molar-refractivity contribution in [2.45, 2.75) is 6.61 Å². The third kappa shape index (κ3) is 4.23. The highest BCUT2D eigenvalue weighted by Gasteiger charge is 2.33. The van der Waals surface area contributed by atoms with Gasteiger partial charge in [-0.2, -0.15) is 0 Å². The molecule has 1 amide bonds. The Morgan fingerprint density at radius 2 is 1.90 bits per heavy atom. The Hall–Kier alpha value is -2.97. The minimum Gasteiger partial charge on any atom is -0.486 e. The van der Waals surface area contributed by atoms with Crippen LogP contribution >= 0.6 is 24.0 Å². The molecule has 0 atom stereocenters. The van der Waals surface area contributed by atoms with Crippen molar-refractivity contribution in [3.63, 3.8) is 0 Å². The molecular formula is C21H16FN3O2S2. The average molecular weight is 426 g/mol. The number of thioether (sulfide) groups is 1. The summed E-state index contributed by atoms with van der Waals surface area (Å²) in [5.74, 6) is 0.962. The van der Waals surface area contributed by atoms with Crippen LogP contribution in [0.25, 0.3) is 6.08 Å². The fourth-order valence-electron chi connectivity index (χ4n) is 2.78. The summed E-state index contributed by atoms with van der Waals surface area (Å²) < 4.78 is 21.2. The van der Waals surface area contributed by atoms with E-state index in [0.717, 1.165) is 11.4 Å². The fourth-order valence-corrected chi connectivity index (χ4v) is 4.07. The number of ether oxygens (including phenoxy) is 1. The number of imidazole rings is 1. The van der Waals surface area contributed by atoms with E-state index >= 15 is 0 Å². The summed E-state index contributed by atoms with van der Waals surface area (Å²) in [4.78, 5) is 18.9. The van der Waals surface area contributed by atoms with E-state index in [0.29, 0.717) is 27.3 Å². The molecule has 3 aromatic rings. The number of nitrogens with zero attached hydrogens (tertiary/aromatic N) is 3. The van der Waals surface area contributed by atoms with Crippen LogP contribution in [-0.2, 0) is 18.4 Å². The average Bonchev–Trinajstić information content (AvgIpc) is 3.24. The van der Waals surface area contributed by atoms with Gasteiger partial charge in [0.15, 0.2) is 4.32 Å². The molecule has 1 aliphatic rings. The third-order valence-electron chi connectivity index (χ3n) is 4.35. The largest absolute Gasteiger partial charge is 0.486 e. The summed E-state index contributed by atoms with van der Waals surface area (Å²) in [6, 6.07) is 13.1. The second-order valence-corrected chi connectivity index (χ2v) is 7.98. The van der Waals surface area contributed by atoms with Crippen molar-refractivity contribution in [1.82, 2.24) is 9.55 Å². The van der Waals surface area contributed by atoms with Crippen LogP contribution in [0.4, 0.5) is 10.1 Å².